The van der Waals surface area contributed by atoms with Crippen molar-refractivity contribution in [3.05, 3.63) is 36.4 Å². The highest BCUT2D eigenvalue weighted by Crippen LogP contribution is 2.25. The van der Waals surface area contributed by atoms with Crippen LogP contribution in [0.4, 0.5) is 11.4 Å². The van der Waals surface area contributed by atoms with Crippen LogP contribution in [0.2, 0.25) is 0 Å². The second-order valence-electron chi connectivity index (χ2n) is 4.67. The summed E-state index contributed by atoms with van der Waals surface area (Å²) >= 11 is 0. The lowest BCUT2D eigenvalue weighted by molar-refractivity contribution is -0.134. The first-order valence-electron chi connectivity index (χ1n) is 7.07. The average molecular weight is 336 g/mol. The Balaban J connectivity index is 0.000000307. The molecule has 1 aliphatic heterocycles. The first kappa shape index (κ1) is 19.0. The highest BCUT2D eigenvalue weighted by molar-refractivity contribution is 5.93. The standard InChI is InChI=1S/C11H16N4O.C4H4O4/c12-11(13)14-9-3-1-2-4-10(9)15-5-7-16-8-6-15;5-3(6)1-2-4(7)8/h1-4H,5-8H2,(H4,12,13,14);1-2H,(H,5,6)(H,7,8)/b;2-1+. The van der Waals surface area contributed by atoms with Gasteiger partial charge in [0, 0.05) is 25.2 Å². The maximum absolute atomic E-state index is 9.55. The van der Waals surface area contributed by atoms with Gasteiger partial charge in [-0.2, -0.15) is 0 Å². The van der Waals surface area contributed by atoms with Crippen molar-refractivity contribution in [1.82, 2.24) is 0 Å². The zero-order chi connectivity index (χ0) is 17.9. The van der Waals surface area contributed by atoms with Gasteiger partial charge in [-0.15, -0.1) is 0 Å². The number of nitrogens with one attached hydrogen (secondary N) is 2. The van der Waals surface area contributed by atoms with E-state index in [1.807, 2.05) is 24.3 Å². The van der Waals surface area contributed by atoms with Crippen LogP contribution >= 0.6 is 0 Å². The maximum Gasteiger partial charge on any atom is 0.328 e. The Labute approximate surface area is 138 Å². The molecule has 9 heteroatoms. The van der Waals surface area contributed by atoms with E-state index in [-0.39, 0.29) is 5.96 Å². The Morgan fingerprint density at radius 3 is 2.21 bits per heavy atom. The number of guanidine groups is 1. The number of carbonyl (C=O) groups is 2. The largest absolute Gasteiger partial charge is 0.478 e. The molecular formula is C15H20N4O5. The number of nitrogens with two attached hydrogens (primary N) is 1. The van der Waals surface area contributed by atoms with Gasteiger partial charge in [-0.1, -0.05) is 12.1 Å². The molecule has 1 heterocycles. The molecule has 6 N–H and O–H groups in total. The van der Waals surface area contributed by atoms with Gasteiger partial charge in [-0.3, -0.25) is 5.41 Å². The molecule has 1 saturated heterocycles. The van der Waals surface area contributed by atoms with E-state index >= 15 is 0 Å². The molecule has 1 aliphatic rings. The highest BCUT2D eigenvalue weighted by atomic mass is 16.5. The van der Waals surface area contributed by atoms with Crippen LogP contribution in [-0.2, 0) is 14.3 Å². The molecule has 0 amide bonds. The van der Waals surface area contributed by atoms with Gasteiger partial charge in [0.1, 0.15) is 0 Å². The number of carboxylic acid groups (broad SMARTS) is 2. The van der Waals surface area contributed by atoms with Crippen molar-refractivity contribution < 1.29 is 24.5 Å². The molecule has 1 fully saturated rings. The van der Waals surface area contributed by atoms with E-state index in [0.29, 0.717) is 12.2 Å². The minimum Gasteiger partial charge on any atom is -0.478 e. The first-order chi connectivity index (χ1) is 11.4. The second-order valence-corrected chi connectivity index (χ2v) is 4.67. The molecule has 130 valence electrons. The summed E-state index contributed by atoms with van der Waals surface area (Å²) in [5.74, 6) is -2.56. The molecule has 0 saturated carbocycles. The van der Waals surface area contributed by atoms with Crippen molar-refractivity contribution >= 4 is 29.3 Å². The second kappa shape index (κ2) is 9.85. The Bertz CT molecular complexity index is 596. The van der Waals surface area contributed by atoms with Crippen LogP contribution in [-0.4, -0.2) is 54.4 Å². The minimum atomic E-state index is -1.26. The number of hydrogen-bond donors (Lipinski definition) is 5. The molecule has 0 unspecified atom stereocenters. The lowest BCUT2D eigenvalue weighted by Crippen LogP contribution is -2.37. The molecule has 0 spiro atoms. The molecule has 1 aromatic carbocycles. The summed E-state index contributed by atoms with van der Waals surface area (Å²) in [5.41, 5.74) is 7.29. The van der Waals surface area contributed by atoms with Crippen molar-refractivity contribution in [3.8, 4) is 0 Å². The summed E-state index contributed by atoms with van der Waals surface area (Å²) in [5, 5.41) is 25.7. The third-order valence-electron chi connectivity index (χ3n) is 2.89. The van der Waals surface area contributed by atoms with Gasteiger partial charge in [-0.05, 0) is 12.1 Å². The van der Waals surface area contributed by atoms with Gasteiger partial charge < -0.3 is 30.9 Å². The fourth-order valence-corrected chi connectivity index (χ4v) is 1.95. The highest BCUT2D eigenvalue weighted by Gasteiger charge is 2.14. The van der Waals surface area contributed by atoms with Crippen LogP contribution in [0.25, 0.3) is 0 Å². The van der Waals surface area contributed by atoms with Crippen LogP contribution in [0, 0.1) is 5.41 Å². The minimum absolute atomic E-state index is 0.0410. The van der Waals surface area contributed by atoms with Gasteiger partial charge in [0.2, 0.25) is 0 Å². The topological polar surface area (TPSA) is 149 Å². The molecule has 1 aromatic rings. The summed E-state index contributed by atoms with van der Waals surface area (Å²) in [6.07, 6.45) is 1.12. The van der Waals surface area contributed by atoms with Gasteiger partial charge >= 0.3 is 11.9 Å². The van der Waals surface area contributed by atoms with Crippen LogP contribution in [0.5, 0.6) is 0 Å². The maximum atomic E-state index is 9.55. The van der Waals surface area contributed by atoms with E-state index in [9.17, 15) is 9.59 Å². The van der Waals surface area contributed by atoms with E-state index in [1.54, 1.807) is 0 Å². The van der Waals surface area contributed by atoms with Crippen LogP contribution < -0.4 is 16.0 Å². The number of carboxylic acids is 2. The van der Waals surface area contributed by atoms with Crippen LogP contribution in [0.1, 0.15) is 0 Å². The fourth-order valence-electron chi connectivity index (χ4n) is 1.95. The predicted octanol–water partition coefficient (Wildman–Crippen LogP) is 0.540. The monoisotopic (exact) mass is 336 g/mol. The number of nitrogens with zero attached hydrogens (tertiary/aromatic N) is 1. The number of aliphatic carboxylic acids is 2. The first-order valence-corrected chi connectivity index (χ1v) is 7.07. The Kier molecular flexibility index (Phi) is 7.79. The average Bonchev–Trinajstić information content (AvgIpc) is 2.54. The van der Waals surface area contributed by atoms with Gasteiger partial charge in [0.15, 0.2) is 5.96 Å². The zero-order valence-electron chi connectivity index (χ0n) is 12.9. The molecule has 0 bridgehead atoms. The predicted molar refractivity (Wildman–Crippen MR) is 89.4 cm³/mol. The van der Waals surface area contributed by atoms with Crippen molar-refractivity contribution in [2.24, 2.45) is 5.73 Å². The molecular weight excluding hydrogens is 316 g/mol. The number of hydrogen-bond acceptors (Lipinski definition) is 5. The van der Waals surface area contributed by atoms with E-state index < -0.39 is 11.9 Å². The summed E-state index contributed by atoms with van der Waals surface area (Å²) < 4.78 is 5.31. The summed E-state index contributed by atoms with van der Waals surface area (Å²) in [7, 11) is 0. The van der Waals surface area contributed by atoms with Crippen molar-refractivity contribution in [3.63, 3.8) is 0 Å². The summed E-state index contributed by atoms with van der Waals surface area (Å²) in [6.45, 7) is 3.23. The Hall–Kier alpha value is -3.07. The lowest BCUT2D eigenvalue weighted by atomic mass is 10.2. The molecule has 2 rings (SSSR count). The number of benzene rings is 1. The Morgan fingerprint density at radius 2 is 1.71 bits per heavy atom. The number of morpholine rings is 1. The third-order valence-corrected chi connectivity index (χ3v) is 2.89. The number of rotatable bonds is 4. The molecule has 0 atom stereocenters. The van der Waals surface area contributed by atoms with Crippen LogP contribution in [0.15, 0.2) is 36.4 Å². The van der Waals surface area contributed by atoms with Gasteiger partial charge in [0.05, 0.1) is 24.6 Å². The molecule has 9 nitrogen and oxygen atoms in total. The molecule has 0 radical (unpaired) electrons. The normalized spacial score (nSPS) is 13.8. The quantitative estimate of drug-likeness (QED) is 0.304. The zero-order valence-corrected chi connectivity index (χ0v) is 12.9. The van der Waals surface area contributed by atoms with Crippen molar-refractivity contribution in [1.29, 1.82) is 5.41 Å². The van der Waals surface area contributed by atoms with Crippen molar-refractivity contribution in [2.45, 2.75) is 0 Å². The number of anilines is 2. The Morgan fingerprint density at radius 1 is 1.17 bits per heavy atom. The number of ether oxygens (including phenoxy) is 1. The molecule has 0 aliphatic carbocycles. The number of para-hydroxylation sites is 2. The van der Waals surface area contributed by atoms with Gasteiger partial charge in [0.25, 0.3) is 0 Å². The van der Waals surface area contributed by atoms with E-state index in [4.69, 9.17) is 26.1 Å². The van der Waals surface area contributed by atoms with Gasteiger partial charge in [-0.25, -0.2) is 9.59 Å². The van der Waals surface area contributed by atoms with E-state index in [2.05, 4.69) is 10.2 Å². The van der Waals surface area contributed by atoms with E-state index in [1.165, 1.54) is 0 Å². The smallest absolute Gasteiger partial charge is 0.328 e. The molecule has 0 aromatic heterocycles. The summed E-state index contributed by atoms with van der Waals surface area (Å²) in [6, 6.07) is 7.86. The SMILES string of the molecule is N=C(N)Nc1ccccc1N1CCOCC1.O=C(O)/C=C/C(=O)O. The van der Waals surface area contributed by atoms with E-state index in [0.717, 1.165) is 37.7 Å². The van der Waals surface area contributed by atoms with Crippen LogP contribution in [0.3, 0.4) is 0 Å². The molecule has 24 heavy (non-hydrogen) atoms. The lowest BCUT2D eigenvalue weighted by Gasteiger charge is -2.30. The fraction of sp³-hybridized carbons (Fsp3) is 0.267. The third kappa shape index (κ3) is 7.27. The summed E-state index contributed by atoms with van der Waals surface area (Å²) in [4.78, 5) is 21.3. The van der Waals surface area contributed by atoms with Crippen molar-refractivity contribution in [2.75, 3.05) is 36.5 Å².